The van der Waals surface area contributed by atoms with Crippen LogP contribution in [-0.4, -0.2) is 35.0 Å². The van der Waals surface area contributed by atoms with E-state index < -0.39 is 24.1 Å². The van der Waals surface area contributed by atoms with Gasteiger partial charge in [-0.15, -0.1) is 0 Å². The minimum Gasteiger partial charge on any atom is -0.454 e. The highest BCUT2D eigenvalue weighted by Gasteiger charge is 2.42. The van der Waals surface area contributed by atoms with E-state index in [0.29, 0.717) is 12.0 Å². The van der Waals surface area contributed by atoms with Gasteiger partial charge in [-0.1, -0.05) is 18.2 Å². The molecule has 4 nitrogen and oxygen atoms in total. The smallest absolute Gasteiger partial charge is 0.334 e. The number of hydrogen-bond donors (Lipinski definition) is 2. The van der Waals surface area contributed by atoms with Crippen molar-refractivity contribution in [2.75, 3.05) is 6.61 Å². The van der Waals surface area contributed by atoms with Crippen LogP contribution in [0.1, 0.15) is 26.2 Å². The molecule has 1 saturated heterocycles. The van der Waals surface area contributed by atoms with Gasteiger partial charge >= 0.3 is 5.97 Å². The Kier molecular flexibility index (Phi) is 4.22. The molecule has 19 heavy (non-hydrogen) atoms. The fourth-order valence-electron chi connectivity index (χ4n) is 2.67. The Morgan fingerprint density at radius 3 is 2.95 bits per heavy atom. The van der Waals surface area contributed by atoms with Crippen LogP contribution in [0.3, 0.4) is 0 Å². The standard InChI is InChI=1S/C15H20O4/c1-9-4-3-5-11(8-16)7-12(17)14-10(2)15(18)19-13(14)6-9/h5-6,12-14,16-17H,2-4,7-8H2,1H3/b9-6?,11-5-. The molecule has 3 unspecified atom stereocenters. The molecule has 0 aromatic heterocycles. The molecule has 0 amide bonds. The SMILES string of the molecule is C=C1C(=O)OC2C=C(C)CC/C=C(\CO)CC(O)C12. The van der Waals surface area contributed by atoms with Gasteiger partial charge in [-0.05, 0) is 37.8 Å². The van der Waals surface area contributed by atoms with Crippen molar-refractivity contribution in [2.24, 2.45) is 5.92 Å². The van der Waals surface area contributed by atoms with Gasteiger partial charge in [-0.2, -0.15) is 0 Å². The van der Waals surface area contributed by atoms with Gasteiger partial charge in [0.1, 0.15) is 6.10 Å². The number of hydrogen-bond acceptors (Lipinski definition) is 4. The summed E-state index contributed by atoms with van der Waals surface area (Å²) in [5.74, 6) is -0.859. The molecule has 0 bridgehead atoms. The van der Waals surface area contributed by atoms with Crippen LogP contribution in [0.5, 0.6) is 0 Å². The van der Waals surface area contributed by atoms with Gasteiger partial charge in [0.15, 0.2) is 0 Å². The van der Waals surface area contributed by atoms with Gasteiger partial charge in [0.25, 0.3) is 0 Å². The first kappa shape index (κ1) is 14.0. The number of carbonyl (C=O) groups is 1. The van der Waals surface area contributed by atoms with Gasteiger partial charge in [-0.25, -0.2) is 4.79 Å². The van der Waals surface area contributed by atoms with E-state index in [9.17, 15) is 15.0 Å². The molecule has 104 valence electrons. The number of carbonyl (C=O) groups excluding carboxylic acids is 1. The summed E-state index contributed by atoms with van der Waals surface area (Å²) in [5, 5.41) is 19.6. The van der Waals surface area contributed by atoms with Gasteiger partial charge in [0.05, 0.1) is 18.6 Å². The van der Waals surface area contributed by atoms with E-state index >= 15 is 0 Å². The number of rotatable bonds is 1. The van der Waals surface area contributed by atoms with Crippen LogP contribution in [0.25, 0.3) is 0 Å². The lowest BCUT2D eigenvalue weighted by molar-refractivity contribution is -0.137. The Morgan fingerprint density at radius 1 is 1.53 bits per heavy atom. The fourth-order valence-corrected chi connectivity index (χ4v) is 2.67. The Bertz CT molecular complexity index is 447. The molecule has 4 heteroatoms. The summed E-state index contributed by atoms with van der Waals surface area (Å²) in [5.41, 5.74) is 2.23. The maximum absolute atomic E-state index is 11.6. The van der Waals surface area contributed by atoms with Crippen molar-refractivity contribution < 1.29 is 19.7 Å². The molecule has 1 heterocycles. The van der Waals surface area contributed by atoms with Gasteiger partial charge in [0.2, 0.25) is 0 Å². The normalized spacial score (nSPS) is 35.0. The Hall–Kier alpha value is -1.39. The minimum absolute atomic E-state index is 0.0709. The maximum Gasteiger partial charge on any atom is 0.334 e. The number of allylic oxidation sites excluding steroid dienone is 2. The van der Waals surface area contributed by atoms with Crippen molar-refractivity contribution in [1.82, 2.24) is 0 Å². The zero-order valence-corrected chi connectivity index (χ0v) is 11.1. The lowest BCUT2D eigenvalue weighted by atomic mass is 9.85. The number of fused-ring (bicyclic) bond motifs is 1. The molecular weight excluding hydrogens is 244 g/mol. The third-order valence-electron chi connectivity index (χ3n) is 3.77. The summed E-state index contributed by atoms with van der Waals surface area (Å²) in [4.78, 5) is 11.6. The molecule has 1 aliphatic carbocycles. The van der Waals surface area contributed by atoms with Crippen LogP contribution in [-0.2, 0) is 9.53 Å². The first-order chi connectivity index (χ1) is 9.02. The van der Waals surface area contributed by atoms with E-state index in [4.69, 9.17) is 4.74 Å². The number of aliphatic hydroxyl groups is 2. The number of ether oxygens (including phenoxy) is 1. The summed E-state index contributed by atoms with van der Waals surface area (Å²) in [6, 6.07) is 0. The third-order valence-corrected chi connectivity index (χ3v) is 3.77. The highest BCUT2D eigenvalue weighted by atomic mass is 16.6. The molecule has 0 saturated carbocycles. The van der Waals surface area contributed by atoms with Gasteiger partial charge < -0.3 is 14.9 Å². The average molecular weight is 264 g/mol. The van der Waals surface area contributed by atoms with Crippen LogP contribution in [0.15, 0.2) is 35.5 Å². The molecule has 0 spiro atoms. The second-order valence-corrected chi connectivity index (χ2v) is 5.26. The van der Waals surface area contributed by atoms with Crippen LogP contribution < -0.4 is 0 Å². The van der Waals surface area contributed by atoms with Crippen molar-refractivity contribution in [3.05, 3.63) is 35.5 Å². The van der Waals surface area contributed by atoms with Crippen LogP contribution in [0, 0.1) is 5.92 Å². The van der Waals surface area contributed by atoms with E-state index in [2.05, 4.69) is 6.58 Å². The zero-order valence-electron chi connectivity index (χ0n) is 11.1. The predicted molar refractivity (Wildman–Crippen MR) is 71.3 cm³/mol. The van der Waals surface area contributed by atoms with Crippen molar-refractivity contribution in [3.8, 4) is 0 Å². The second-order valence-electron chi connectivity index (χ2n) is 5.26. The van der Waals surface area contributed by atoms with Gasteiger partial charge in [0, 0.05) is 5.57 Å². The Morgan fingerprint density at radius 2 is 2.26 bits per heavy atom. The molecule has 3 atom stereocenters. The maximum atomic E-state index is 11.6. The molecule has 2 aliphatic rings. The van der Waals surface area contributed by atoms with Crippen LogP contribution in [0.4, 0.5) is 0 Å². The molecule has 0 aromatic carbocycles. The summed E-state index contributed by atoms with van der Waals surface area (Å²) in [7, 11) is 0. The molecule has 1 fully saturated rings. The first-order valence-electron chi connectivity index (χ1n) is 6.57. The molecule has 2 rings (SSSR count). The van der Waals surface area contributed by atoms with Crippen LogP contribution in [0.2, 0.25) is 0 Å². The van der Waals surface area contributed by atoms with Crippen molar-refractivity contribution in [2.45, 2.75) is 38.4 Å². The van der Waals surface area contributed by atoms with Crippen molar-refractivity contribution >= 4 is 5.97 Å². The van der Waals surface area contributed by atoms with E-state index in [1.54, 1.807) is 0 Å². The first-order valence-corrected chi connectivity index (χ1v) is 6.57. The summed E-state index contributed by atoms with van der Waals surface area (Å²) < 4.78 is 5.26. The van der Waals surface area contributed by atoms with Crippen LogP contribution >= 0.6 is 0 Å². The van der Waals surface area contributed by atoms with Gasteiger partial charge in [-0.3, -0.25) is 0 Å². The minimum atomic E-state index is -0.760. The summed E-state index contributed by atoms with van der Waals surface area (Å²) in [6.07, 6.45) is 4.69. The predicted octanol–water partition coefficient (Wildman–Crippen LogP) is 1.49. The summed E-state index contributed by atoms with van der Waals surface area (Å²) in [6.45, 7) is 5.63. The topological polar surface area (TPSA) is 66.8 Å². The average Bonchev–Trinajstić information content (AvgIpc) is 2.63. The molecule has 2 N–H and O–H groups in total. The Labute approximate surface area is 113 Å². The van der Waals surface area contributed by atoms with E-state index in [1.807, 2.05) is 19.1 Å². The number of esters is 1. The highest BCUT2D eigenvalue weighted by Crippen LogP contribution is 2.34. The lowest BCUT2D eigenvalue weighted by Crippen LogP contribution is -2.29. The van der Waals surface area contributed by atoms with E-state index in [0.717, 1.165) is 24.0 Å². The third kappa shape index (κ3) is 2.96. The zero-order chi connectivity index (χ0) is 14.0. The van der Waals surface area contributed by atoms with Crippen molar-refractivity contribution in [3.63, 3.8) is 0 Å². The molecular formula is C15H20O4. The quantitative estimate of drug-likeness (QED) is 0.428. The molecule has 0 aromatic rings. The highest BCUT2D eigenvalue weighted by molar-refractivity contribution is 5.91. The number of aliphatic hydroxyl groups excluding tert-OH is 2. The van der Waals surface area contributed by atoms with E-state index in [1.165, 1.54) is 0 Å². The van der Waals surface area contributed by atoms with Crippen molar-refractivity contribution in [1.29, 1.82) is 0 Å². The second kappa shape index (κ2) is 5.72. The fraction of sp³-hybridized carbons (Fsp3) is 0.533. The Balaban J connectivity index is 2.32. The largest absolute Gasteiger partial charge is 0.454 e. The lowest BCUT2D eigenvalue weighted by Gasteiger charge is -2.23. The van der Waals surface area contributed by atoms with E-state index in [-0.39, 0.29) is 6.61 Å². The summed E-state index contributed by atoms with van der Waals surface area (Å²) >= 11 is 0. The molecule has 0 radical (unpaired) electrons. The monoisotopic (exact) mass is 264 g/mol. The molecule has 1 aliphatic heterocycles.